The smallest absolute Gasteiger partial charge is 0.265 e. The highest BCUT2D eigenvalue weighted by atomic mass is 35.5. The average molecular weight is 336 g/mol. The molecule has 0 spiro atoms. The number of thiazole rings is 1. The van der Waals surface area contributed by atoms with E-state index in [0.29, 0.717) is 0 Å². The average Bonchev–Trinajstić information content (AvgIpc) is 2.85. The molecule has 0 bridgehead atoms. The van der Waals surface area contributed by atoms with E-state index in [1.54, 1.807) is 0 Å². The quantitative estimate of drug-likeness (QED) is 0.844. The lowest BCUT2D eigenvalue weighted by atomic mass is 10.2. The number of aromatic nitrogens is 1. The first-order chi connectivity index (χ1) is 10.5. The molecule has 0 radical (unpaired) electrons. The minimum atomic E-state index is 0.105. The van der Waals surface area contributed by atoms with Gasteiger partial charge in [-0.1, -0.05) is 17.7 Å². The highest BCUT2D eigenvalue weighted by molar-refractivity contribution is 7.13. The van der Waals surface area contributed by atoms with Gasteiger partial charge in [-0.25, -0.2) is 4.98 Å². The Morgan fingerprint density at radius 3 is 2.55 bits per heavy atom. The fraction of sp³-hybridized carbons (Fsp3) is 0.375. The SMILES string of the molecule is Cc1nc(C)c(C(=O)N2CCN(c3cccc(Cl)c3)CC2)s1. The maximum atomic E-state index is 12.6. The molecule has 3 rings (SSSR count). The molecule has 116 valence electrons. The van der Waals surface area contributed by atoms with Crippen LogP contribution in [-0.2, 0) is 0 Å². The number of carbonyl (C=O) groups excluding carboxylic acids is 1. The van der Waals surface area contributed by atoms with Gasteiger partial charge in [0.05, 0.1) is 10.7 Å². The number of aryl methyl sites for hydroxylation is 2. The minimum absolute atomic E-state index is 0.105. The molecular weight excluding hydrogens is 318 g/mol. The Kier molecular flexibility index (Phi) is 4.36. The Morgan fingerprint density at radius 2 is 1.95 bits per heavy atom. The van der Waals surface area contributed by atoms with E-state index < -0.39 is 0 Å². The van der Waals surface area contributed by atoms with Crippen molar-refractivity contribution >= 4 is 34.5 Å². The number of hydrogen-bond donors (Lipinski definition) is 0. The van der Waals surface area contributed by atoms with Crippen molar-refractivity contribution in [2.45, 2.75) is 13.8 Å². The van der Waals surface area contributed by atoms with Crippen molar-refractivity contribution in [3.63, 3.8) is 0 Å². The molecular formula is C16H18ClN3OS. The topological polar surface area (TPSA) is 36.4 Å². The van der Waals surface area contributed by atoms with Crippen molar-refractivity contribution in [2.75, 3.05) is 31.1 Å². The Balaban J connectivity index is 1.67. The van der Waals surface area contributed by atoms with Crippen molar-refractivity contribution in [1.82, 2.24) is 9.88 Å². The third kappa shape index (κ3) is 3.10. The molecule has 22 heavy (non-hydrogen) atoms. The summed E-state index contributed by atoms with van der Waals surface area (Å²) in [5.74, 6) is 0.105. The molecule has 1 saturated heterocycles. The lowest BCUT2D eigenvalue weighted by Gasteiger charge is -2.36. The summed E-state index contributed by atoms with van der Waals surface area (Å²) in [6, 6.07) is 7.86. The normalized spacial score (nSPS) is 15.2. The summed E-state index contributed by atoms with van der Waals surface area (Å²) in [5, 5.41) is 1.69. The van der Waals surface area contributed by atoms with E-state index >= 15 is 0 Å². The van der Waals surface area contributed by atoms with Gasteiger partial charge in [-0.15, -0.1) is 11.3 Å². The van der Waals surface area contributed by atoms with Gasteiger partial charge in [0, 0.05) is 36.9 Å². The molecule has 2 heterocycles. The molecule has 6 heteroatoms. The zero-order valence-corrected chi connectivity index (χ0v) is 14.2. The van der Waals surface area contributed by atoms with E-state index in [1.165, 1.54) is 11.3 Å². The number of carbonyl (C=O) groups is 1. The van der Waals surface area contributed by atoms with Gasteiger partial charge < -0.3 is 9.80 Å². The number of nitrogens with zero attached hydrogens (tertiary/aromatic N) is 3. The highest BCUT2D eigenvalue weighted by Crippen LogP contribution is 2.23. The number of anilines is 1. The van der Waals surface area contributed by atoms with Crippen molar-refractivity contribution < 1.29 is 4.79 Å². The molecule has 0 unspecified atom stereocenters. The van der Waals surface area contributed by atoms with Gasteiger partial charge in [0.2, 0.25) is 0 Å². The lowest BCUT2D eigenvalue weighted by Crippen LogP contribution is -2.48. The molecule has 0 atom stereocenters. The van der Waals surface area contributed by atoms with Crippen molar-refractivity contribution in [2.24, 2.45) is 0 Å². The zero-order valence-electron chi connectivity index (χ0n) is 12.7. The predicted octanol–water partition coefficient (Wildman–Crippen LogP) is 3.38. The van der Waals surface area contributed by atoms with Gasteiger partial charge >= 0.3 is 0 Å². The molecule has 1 aliphatic rings. The second-order valence-corrected chi connectivity index (χ2v) is 7.05. The summed E-state index contributed by atoms with van der Waals surface area (Å²) in [4.78, 5) is 21.9. The third-order valence-electron chi connectivity index (χ3n) is 3.84. The number of piperazine rings is 1. The molecule has 1 aliphatic heterocycles. The van der Waals surface area contributed by atoms with Gasteiger partial charge in [-0.05, 0) is 32.0 Å². The van der Waals surface area contributed by atoms with Crippen molar-refractivity contribution in [1.29, 1.82) is 0 Å². The van der Waals surface area contributed by atoms with E-state index in [1.807, 2.05) is 36.9 Å². The van der Waals surface area contributed by atoms with Crippen LogP contribution in [0.2, 0.25) is 5.02 Å². The first kappa shape index (κ1) is 15.3. The van der Waals surface area contributed by atoms with Crippen LogP contribution in [0.1, 0.15) is 20.4 Å². The Labute approximate surface area is 139 Å². The van der Waals surface area contributed by atoms with Crippen LogP contribution < -0.4 is 4.90 Å². The summed E-state index contributed by atoms with van der Waals surface area (Å²) in [6.07, 6.45) is 0. The summed E-state index contributed by atoms with van der Waals surface area (Å²) in [6.45, 7) is 6.93. The maximum absolute atomic E-state index is 12.6. The first-order valence-electron chi connectivity index (χ1n) is 7.28. The van der Waals surface area contributed by atoms with E-state index in [9.17, 15) is 4.79 Å². The fourth-order valence-electron chi connectivity index (χ4n) is 2.71. The van der Waals surface area contributed by atoms with Crippen molar-refractivity contribution in [3.05, 3.63) is 44.9 Å². The summed E-state index contributed by atoms with van der Waals surface area (Å²) >= 11 is 7.53. The second-order valence-electron chi connectivity index (χ2n) is 5.41. The second kappa shape index (κ2) is 6.26. The molecule has 4 nitrogen and oxygen atoms in total. The van der Waals surface area contributed by atoms with Gasteiger partial charge in [-0.2, -0.15) is 0 Å². The Morgan fingerprint density at radius 1 is 1.23 bits per heavy atom. The molecule has 1 aromatic heterocycles. The van der Waals surface area contributed by atoms with Gasteiger partial charge in [-0.3, -0.25) is 4.79 Å². The van der Waals surface area contributed by atoms with Gasteiger partial charge in [0.25, 0.3) is 5.91 Å². The number of amides is 1. The van der Waals surface area contributed by atoms with E-state index in [-0.39, 0.29) is 5.91 Å². The Bertz CT molecular complexity index is 692. The molecule has 2 aromatic rings. The van der Waals surface area contributed by atoms with Crippen LogP contribution in [-0.4, -0.2) is 42.0 Å². The minimum Gasteiger partial charge on any atom is -0.368 e. The largest absolute Gasteiger partial charge is 0.368 e. The molecule has 1 amide bonds. The third-order valence-corrected chi connectivity index (χ3v) is 5.13. The van der Waals surface area contributed by atoms with Crippen molar-refractivity contribution in [3.8, 4) is 0 Å². The summed E-state index contributed by atoms with van der Waals surface area (Å²) < 4.78 is 0. The fourth-order valence-corrected chi connectivity index (χ4v) is 3.79. The number of rotatable bonds is 2. The van der Waals surface area contributed by atoms with Gasteiger partial charge in [0.1, 0.15) is 4.88 Å². The molecule has 0 saturated carbocycles. The number of benzene rings is 1. The zero-order chi connectivity index (χ0) is 15.7. The summed E-state index contributed by atoms with van der Waals surface area (Å²) in [7, 11) is 0. The maximum Gasteiger partial charge on any atom is 0.265 e. The van der Waals surface area contributed by atoms with E-state index in [2.05, 4.69) is 16.0 Å². The number of halogens is 1. The monoisotopic (exact) mass is 335 g/mol. The van der Waals surface area contributed by atoms with E-state index in [0.717, 1.165) is 52.5 Å². The van der Waals surface area contributed by atoms with Crippen LogP contribution in [0, 0.1) is 13.8 Å². The van der Waals surface area contributed by atoms with Gasteiger partial charge in [0.15, 0.2) is 0 Å². The molecule has 0 N–H and O–H groups in total. The first-order valence-corrected chi connectivity index (χ1v) is 8.48. The number of hydrogen-bond acceptors (Lipinski definition) is 4. The van der Waals surface area contributed by atoms with Crippen LogP contribution in [0.5, 0.6) is 0 Å². The molecule has 1 fully saturated rings. The molecule has 1 aromatic carbocycles. The van der Waals surface area contributed by atoms with E-state index in [4.69, 9.17) is 11.6 Å². The Hall–Kier alpha value is -1.59. The predicted molar refractivity (Wildman–Crippen MR) is 91.2 cm³/mol. The lowest BCUT2D eigenvalue weighted by molar-refractivity contribution is 0.0750. The van der Waals surface area contributed by atoms with Crippen LogP contribution >= 0.6 is 22.9 Å². The van der Waals surface area contributed by atoms with Crippen LogP contribution in [0.15, 0.2) is 24.3 Å². The summed E-state index contributed by atoms with van der Waals surface area (Å²) in [5.41, 5.74) is 1.95. The van der Waals surface area contributed by atoms with Crippen LogP contribution in [0.4, 0.5) is 5.69 Å². The van der Waals surface area contributed by atoms with Crippen LogP contribution in [0.3, 0.4) is 0 Å². The molecule has 0 aliphatic carbocycles. The van der Waals surface area contributed by atoms with Crippen LogP contribution in [0.25, 0.3) is 0 Å². The standard InChI is InChI=1S/C16H18ClN3OS/c1-11-15(22-12(2)18-11)16(21)20-8-6-19(7-9-20)14-5-3-4-13(17)10-14/h3-5,10H,6-9H2,1-2H3. The highest BCUT2D eigenvalue weighted by Gasteiger charge is 2.25.